The van der Waals surface area contributed by atoms with Crippen molar-refractivity contribution in [3.05, 3.63) is 20.8 Å². The van der Waals surface area contributed by atoms with Crippen LogP contribution in [0.3, 0.4) is 0 Å². The van der Waals surface area contributed by atoms with Gasteiger partial charge in [0.15, 0.2) is 0 Å². The summed E-state index contributed by atoms with van der Waals surface area (Å²) in [6.45, 7) is 5.85. The maximum absolute atomic E-state index is 3.77. The number of likely N-dealkylation sites (tertiary alicyclic amines) is 1. The average molecular weight is 353 g/mol. The molecule has 0 N–H and O–H groups in total. The van der Waals surface area contributed by atoms with Gasteiger partial charge in [-0.2, -0.15) is 0 Å². The Morgan fingerprint density at radius 1 is 1.60 bits per heavy atom. The molecule has 1 aliphatic heterocycles. The predicted molar refractivity (Wildman–Crippen MR) is 73.8 cm³/mol. The Morgan fingerprint density at radius 2 is 2.40 bits per heavy atom. The highest BCUT2D eigenvalue weighted by molar-refractivity contribution is 9.10. The van der Waals surface area contributed by atoms with Crippen LogP contribution in [-0.2, 0) is 6.54 Å². The molecule has 1 aromatic rings. The van der Waals surface area contributed by atoms with E-state index in [-0.39, 0.29) is 0 Å². The van der Waals surface area contributed by atoms with Gasteiger partial charge in [-0.1, -0.05) is 22.9 Å². The number of alkyl halides is 1. The van der Waals surface area contributed by atoms with Crippen LogP contribution in [0, 0.1) is 5.92 Å². The monoisotopic (exact) mass is 351 g/mol. The predicted octanol–water partition coefficient (Wildman–Crippen LogP) is 4.12. The summed E-state index contributed by atoms with van der Waals surface area (Å²) >= 11 is 9.11. The van der Waals surface area contributed by atoms with E-state index < -0.39 is 0 Å². The van der Waals surface area contributed by atoms with Crippen LogP contribution in [-0.4, -0.2) is 22.8 Å². The van der Waals surface area contributed by atoms with E-state index >= 15 is 0 Å². The summed E-state index contributed by atoms with van der Waals surface area (Å²) in [5.74, 6) is 0.816. The minimum absolute atomic E-state index is 0.662. The van der Waals surface area contributed by atoms with E-state index in [0.717, 1.165) is 12.5 Å². The molecule has 0 aromatic carbocycles. The van der Waals surface area contributed by atoms with Gasteiger partial charge in [0.05, 0.1) is 0 Å². The van der Waals surface area contributed by atoms with Gasteiger partial charge in [0.2, 0.25) is 0 Å². The van der Waals surface area contributed by atoms with Gasteiger partial charge in [-0.05, 0) is 40.9 Å². The van der Waals surface area contributed by atoms with Crippen molar-refractivity contribution < 1.29 is 0 Å². The van der Waals surface area contributed by atoms with E-state index in [0.29, 0.717) is 4.83 Å². The summed E-state index contributed by atoms with van der Waals surface area (Å²) in [6, 6.07) is 2.23. The molecule has 2 rings (SSSR count). The van der Waals surface area contributed by atoms with Crippen molar-refractivity contribution >= 4 is 43.2 Å². The van der Waals surface area contributed by atoms with Crippen molar-refractivity contribution in [2.24, 2.45) is 5.92 Å². The number of halogens is 2. The van der Waals surface area contributed by atoms with Crippen LogP contribution in [0.5, 0.6) is 0 Å². The minimum atomic E-state index is 0.662. The normalized spacial score (nSPS) is 28.2. The molecule has 1 aliphatic rings. The van der Waals surface area contributed by atoms with Gasteiger partial charge in [-0.3, -0.25) is 4.90 Å². The summed E-state index contributed by atoms with van der Waals surface area (Å²) in [7, 11) is 0. The molecule has 1 nitrogen and oxygen atoms in total. The SMILES string of the molecule is CC1CCN(Cc2cc(Br)cs2)CC1Br. The molecule has 2 heterocycles. The first kappa shape index (κ1) is 12.1. The van der Waals surface area contributed by atoms with E-state index in [9.17, 15) is 0 Å². The van der Waals surface area contributed by atoms with E-state index in [1.807, 2.05) is 11.3 Å². The summed E-state index contributed by atoms with van der Waals surface area (Å²) in [5, 5.41) is 2.16. The number of hydrogen-bond donors (Lipinski definition) is 0. The topological polar surface area (TPSA) is 3.24 Å². The lowest BCUT2D eigenvalue weighted by Gasteiger charge is -2.33. The molecule has 0 saturated carbocycles. The molecule has 0 bridgehead atoms. The summed E-state index contributed by atoms with van der Waals surface area (Å²) in [6.07, 6.45) is 1.31. The Labute approximate surface area is 112 Å². The van der Waals surface area contributed by atoms with Gasteiger partial charge in [-0.25, -0.2) is 0 Å². The van der Waals surface area contributed by atoms with Gasteiger partial charge >= 0.3 is 0 Å². The Balaban J connectivity index is 1.90. The van der Waals surface area contributed by atoms with Crippen LogP contribution in [0.4, 0.5) is 0 Å². The average Bonchev–Trinajstić information content (AvgIpc) is 2.58. The quantitative estimate of drug-likeness (QED) is 0.724. The molecule has 84 valence electrons. The van der Waals surface area contributed by atoms with Crippen molar-refractivity contribution in [1.82, 2.24) is 4.90 Å². The third-order valence-electron chi connectivity index (χ3n) is 2.95. The minimum Gasteiger partial charge on any atom is -0.297 e. The summed E-state index contributed by atoms with van der Waals surface area (Å²) in [4.78, 5) is 4.66. The number of rotatable bonds is 2. The Bertz CT molecular complexity index is 326. The lowest BCUT2D eigenvalue weighted by Crippen LogP contribution is -2.39. The second kappa shape index (κ2) is 5.30. The zero-order valence-electron chi connectivity index (χ0n) is 8.75. The highest BCUT2D eigenvalue weighted by Crippen LogP contribution is 2.26. The van der Waals surface area contributed by atoms with E-state index in [1.165, 1.54) is 28.9 Å². The van der Waals surface area contributed by atoms with Gasteiger partial charge in [0.25, 0.3) is 0 Å². The molecule has 0 radical (unpaired) electrons. The standard InChI is InChI=1S/C11H15Br2NS/c1-8-2-3-14(6-11(8)13)5-10-4-9(12)7-15-10/h4,7-8,11H,2-3,5-6H2,1H3. The fourth-order valence-corrected chi connectivity index (χ4v) is 4.05. The van der Waals surface area contributed by atoms with Crippen molar-refractivity contribution in [2.45, 2.75) is 24.7 Å². The van der Waals surface area contributed by atoms with Crippen molar-refractivity contribution in [3.63, 3.8) is 0 Å². The third-order valence-corrected chi connectivity index (χ3v) is 5.83. The Hall–Kier alpha value is 0.620. The first-order valence-electron chi connectivity index (χ1n) is 5.24. The smallest absolute Gasteiger partial charge is 0.0328 e. The van der Waals surface area contributed by atoms with E-state index in [1.54, 1.807) is 0 Å². The lowest BCUT2D eigenvalue weighted by molar-refractivity contribution is 0.195. The first-order valence-corrected chi connectivity index (χ1v) is 7.83. The molecular weight excluding hydrogens is 338 g/mol. The molecule has 1 saturated heterocycles. The van der Waals surface area contributed by atoms with Gasteiger partial charge < -0.3 is 0 Å². The number of hydrogen-bond acceptors (Lipinski definition) is 2. The largest absolute Gasteiger partial charge is 0.297 e. The van der Waals surface area contributed by atoms with E-state index in [4.69, 9.17) is 0 Å². The molecule has 2 atom stereocenters. The first-order chi connectivity index (χ1) is 7.15. The zero-order valence-corrected chi connectivity index (χ0v) is 12.7. The second-order valence-corrected chi connectivity index (χ2v) is 7.34. The van der Waals surface area contributed by atoms with Crippen molar-refractivity contribution in [2.75, 3.05) is 13.1 Å². The molecule has 0 aliphatic carbocycles. The van der Waals surface area contributed by atoms with Crippen LogP contribution in [0.1, 0.15) is 18.2 Å². The maximum Gasteiger partial charge on any atom is 0.0328 e. The fourth-order valence-electron chi connectivity index (χ4n) is 1.89. The van der Waals surface area contributed by atoms with Crippen molar-refractivity contribution in [3.8, 4) is 0 Å². The Kier molecular flexibility index (Phi) is 4.27. The van der Waals surface area contributed by atoms with Crippen molar-refractivity contribution in [1.29, 1.82) is 0 Å². The molecule has 2 unspecified atom stereocenters. The zero-order chi connectivity index (χ0) is 10.8. The molecule has 0 spiro atoms. The second-order valence-electron chi connectivity index (χ2n) is 4.25. The Morgan fingerprint density at radius 3 is 3.00 bits per heavy atom. The number of nitrogens with zero attached hydrogens (tertiary/aromatic N) is 1. The van der Waals surface area contributed by atoms with E-state index in [2.05, 4.69) is 55.1 Å². The fraction of sp³-hybridized carbons (Fsp3) is 0.636. The van der Waals surface area contributed by atoms with Gasteiger partial charge in [-0.15, -0.1) is 11.3 Å². The number of thiophene rings is 1. The molecule has 1 aromatic heterocycles. The summed E-state index contributed by atoms with van der Waals surface area (Å²) in [5.41, 5.74) is 0. The molecule has 4 heteroatoms. The third kappa shape index (κ3) is 3.29. The molecule has 0 amide bonds. The highest BCUT2D eigenvalue weighted by Gasteiger charge is 2.23. The molecule has 1 fully saturated rings. The highest BCUT2D eigenvalue weighted by atomic mass is 79.9. The van der Waals surface area contributed by atoms with Crippen LogP contribution >= 0.6 is 43.2 Å². The lowest BCUT2D eigenvalue weighted by atomic mass is 9.99. The van der Waals surface area contributed by atoms with Crippen LogP contribution in [0.25, 0.3) is 0 Å². The molecule has 15 heavy (non-hydrogen) atoms. The summed E-state index contributed by atoms with van der Waals surface area (Å²) < 4.78 is 1.21. The van der Waals surface area contributed by atoms with Crippen LogP contribution in [0.2, 0.25) is 0 Å². The molecular formula is C11H15Br2NS. The number of piperidine rings is 1. The van der Waals surface area contributed by atoms with Gasteiger partial charge in [0.1, 0.15) is 0 Å². The van der Waals surface area contributed by atoms with Crippen LogP contribution < -0.4 is 0 Å². The van der Waals surface area contributed by atoms with Crippen LogP contribution in [0.15, 0.2) is 15.9 Å². The van der Waals surface area contributed by atoms with Gasteiger partial charge in [0, 0.05) is 32.6 Å². The maximum atomic E-state index is 3.77.